The summed E-state index contributed by atoms with van der Waals surface area (Å²) < 4.78 is 0. The van der Waals surface area contributed by atoms with Crippen LogP contribution in [0.2, 0.25) is 0 Å². The van der Waals surface area contributed by atoms with Crippen LogP contribution in [0.4, 0.5) is 11.4 Å². The summed E-state index contributed by atoms with van der Waals surface area (Å²) in [6, 6.07) is 7.51. The van der Waals surface area contributed by atoms with Gasteiger partial charge in [-0.15, -0.1) is 0 Å². The monoisotopic (exact) mass is 329 g/mol. The highest BCUT2D eigenvalue weighted by Gasteiger charge is 2.43. The van der Waals surface area contributed by atoms with Crippen LogP contribution in [-0.2, 0) is 9.59 Å². The minimum atomic E-state index is -0.890. The van der Waals surface area contributed by atoms with Crippen molar-refractivity contribution in [1.82, 2.24) is 4.90 Å². The van der Waals surface area contributed by atoms with Crippen LogP contribution in [0.1, 0.15) is 34.1 Å². The molecule has 2 aliphatic rings. The summed E-state index contributed by atoms with van der Waals surface area (Å²) in [6.07, 6.45) is 1.21. The fourth-order valence-electron chi connectivity index (χ4n) is 4.08. The van der Waals surface area contributed by atoms with Crippen LogP contribution in [0.25, 0.3) is 0 Å². The summed E-state index contributed by atoms with van der Waals surface area (Å²) in [5, 5.41) is 2.91. The second-order valence-corrected chi connectivity index (χ2v) is 7.90. The molecule has 2 atom stereocenters. The number of rotatable bonds is 2. The van der Waals surface area contributed by atoms with Gasteiger partial charge in [0.15, 0.2) is 0 Å². The van der Waals surface area contributed by atoms with E-state index in [2.05, 4.69) is 24.1 Å². The number of nitrogens with zero attached hydrogens (tertiary/aromatic N) is 2. The Kier molecular flexibility index (Phi) is 4.38. The highest BCUT2D eigenvalue weighted by molar-refractivity contribution is 6.14. The molecule has 3 rings (SSSR count). The number of anilines is 2. The molecule has 0 bridgehead atoms. The third-order valence-corrected chi connectivity index (χ3v) is 5.06. The van der Waals surface area contributed by atoms with E-state index in [0.29, 0.717) is 24.1 Å². The van der Waals surface area contributed by atoms with E-state index in [0.717, 1.165) is 18.8 Å². The Morgan fingerprint density at radius 2 is 1.83 bits per heavy atom. The molecule has 0 unspecified atom stereocenters. The van der Waals surface area contributed by atoms with Gasteiger partial charge >= 0.3 is 0 Å². The van der Waals surface area contributed by atoms with Crippen molar-refractivity contribution in [1.29, 1.82) is 0 Å². The molecule has 1 aromatic rings. The topological polar surface area (TPSA) is 52.7 Å². The number of piperidine rings is 1. The summed E-state index contributed by atoms with van der Waals surface area (Å²) >= 11 is 0. The van der Waals surface area contributed by atoms with Crippen molar-refractivity contribution in [2.45, 2.75) is 39.7 Å². The van der Waals surface area contributed by atoms with Gasteiger partial charge < -0.3 is 5.32 Å². The van der Waals surface area contributed by atoms with E-state index < -0.39 is 5.54 Å². The Balaban J connectivity index is 1.86. The van der Waals surface area contributed by atoms with E-state index in [1.54, 1.807) is 18.7 Å². The van der Waals surface area contributed by atoms with Gasteiger partial charge in [0.25, 0.3) is 0 Å². The highest BCUT2D eigenvalue weighted by atomic mass is 16.2. The molecule has 5 heteroatoms. The number of para-hydroxylation sites is 2. The van der Waals surface area contributed by atoms with E-state index in [9.17, 15) is 9.59 Å². The van der Waals surface area contributed by atoms with E-state index in [4.69, 9.17) is 0 Å². The predicted octanol–water partition coefficient (Wildman–Crippen LogP) is 2.73. The predicted molar refractivity (Wildman–Crippen MR) is 96.0 cm³/mol. The van der Waals surface area contributed by atoms with Crippen LogP contribution < -0.4 is 10.2 Å². The maximum absolute atomic E-state index is 13.1. The average molecular weight is 329 g/mol. The molecular formula is C19H27N3O2. The molecule has 2 aliphatic heterocycles. The van der Waals surface area contributed by atoms with Crippen molar-refractivity contribution in [2.75, 3.05) is 29.9 Å². The first kappa shape index (κ1) is 17.0. The van der Waals surface area contributed by atoms with Crippen LogP contribution in [0, 0.1) is 11.8 Å². The molecule has 0 aliphatic carbocycles. The molecule has 2 amide bonds. The van der Waals surface area contributed by atoms with Crippen molar-refractivity contribution in [3.05, 3.63) is 24.3 Å². The van der Waals surface area contributed by atoms with Crippen molar-refractivity contribution in [2.24, 2.45) is 11.8 Å². The molecule has 24 heavy (non-hydrogen) atoms. The van der Waals surface area contributed by atoms with Crippen molar-refractivity contribution < 1.29 is 9.59 Å². The maximum Gasteiger partial charge on any atom is 0.250 e. The normalized spacial score (nSPS) is 26.7. The first-order chi connectivity index (χ1) is 11.3. The third kappa shape index (κ3) is 3.05. The van der Waals surface area contributed by atoms with Gasteiger partial charge in [-0.3, -0.25) is 19.4 Å². The van der Waals surface area contributed by atoms with E-state index >= 15 is 0 Å². The van der Waals surface area contributed by atoms with E-state index in [1.165, 1.54) is 6.42 Å². The number of nitrogens with one attached hydrogen (secondary N) is 1. The van der Waals surface area contributed by atoms with Gasteiger partial charge in [-0.2, -0.15) is 0 Å². The Morgan fingerprint density at radius 3 is 2.50 bits per heavy atom. The second kappa shape index (κ2) is 6.20. The van der Waals surface area contributed by atoms with Crippen molar-refractivity contribution in [3.63, 3.8) is 0 Å². The van der Waals surface area contributed by atoms with Crippen LogP contribution in [-0.4, -0.2) is 41.9 Å². The Labute approximate surface area is 144 Å². The van der Waals surface area contributed by atoms with Gasteiger partial charge in [0, 0.05) is 13.1 Å². The van der Waals surface area contributed by atoms with Gasteiger partial charge in [-0.1, -0.05) is 26.0 Å². The second-order valence-electron chi connectivity index (χ2n) is 7.90. The molecule has 0 saturated carbocycles. The summed E-state index contributed by atoms with van der Waals surface area (Å²) in [7, 11) is 0. The lowest BCUT2D eigenvalue weighted by Crippen LogP contribution is -2.60. The first-order valence-electron chi connectivity index (χ1n) is 8.75. The number of carbonyl (C=O) groups is 2. The van der Waals surface area contributed by atoms with Gasteiger partial charge in [0.1, 0.15) is 5.54 Å². The minimum Gasteiger partial charge on any atom is -0.322 e. The number of hydrogen-bond acceptors (Lipinski definition) is 3. The minimum absolute atomic E-state index is 0.0106. The standard InChI is InChI=1S/C19H27N3O2/c1-13-9-14(2)11-21(10-13)12-17(23)22-16-8-6-5-7-15(16)20-18(24)19(22,3)4/h5-8,13-14H,9-12H2,1-4H3,(H,20,24)/t13-,14+. The number of amides is 2. The molecule has 130 valence electrons. The zero-order chi connectivity index (χ0) is 17.5. The molecule has 0 aromatic heterocycles. The fraction of sp³-hybridized carbons (Fsp3) is 0.579. The highest BCUT2D eigenvalue weighted by Crippen LogP contribution is 2.36. The maximum atomic E-state index is 13.1. The van der Waals surface area contributed by atoms with Crippen LogP contribution in [0.5, 0.6) is 0 Å². The van der Waals surface area contributed by atoms with E-state index in [-0.39, 0.29) is 11.8 Å². The summed E-state index contributed by atoms with van der Waals surface area (Å²) in [4.78, 5) is 29.5. The summed E-state index contributed by atoms with van der Waals surface area (Å²) in [5.41, 5.74) is 0.596. The first-order valence-corrected chi connectivity index (χ1v) is 8.75. The molecule has 1 aromatic carbocycles. The average Bonchev–Trinajstić information content (AvgIpc) is 2.46. The number of benzene rings is 1. The molecule has 5 nitrogen and oxygen atoms in total. The molecule has 2 heterocycles. The zero-order valence-corrected chi connectivity index (χ0v) is 15.0. The molecule has 1 saturated heterocycles. The summed E-state index contributed by atoms with van der Waals surface area (Å²) in [6.45, 7) is 10.3. The lowest BCUT2D eigenvalue weighted by atomic mass is 9.91. The molecule has 1 fully saturated rings. The Morgan fingerprint density at radius 1 is 1.21 bits per heavy atom. The SMILES string of the molecule is C[C@@H]1C[C@H](C)CN(CC(=O)N2c3ccccc3NC(=O)C2(C)C)C1. The van der Waals surface area contributed by atoms with Gasteiger partial charge in [0.05, 0.1) is 17.9 Å². The van der Waals surface area contributed by atoms with Crippen LogP contribution in [0.15, 0.2) is 24.3 Å². The lowest BCUT2D eigenvalue weighted by Gasteiger charge is -2.43. The van der Waals surface area contributed by atoms with Crippen LogP contribution in [0.3, 0.4) is 0 Å². The van der Waals surface area contributed by atoms with E-state index in [1.807, 2.05) is 24.3 Å². The smallest absolute Gasteiger partial charge is 0.250 e. The Hall–Kier alpha value is -1.88. The molecule has 0 radical (unpaired) electrons. The molecular weight excluding hydrogens is 302 g/mol. The quantitative estimate of drug-likeness (QED) is 0.908. The third-order valence-electron chi connectivity index (χ3n) is 5.06. The number of fused-ring (bicyclic) bond motifs is 1. The van der Waals surface area contributed by atoms with Crippen molar-refractivity contribution in [3.8, 4) is 0 Å². The van der Waals surface area contributed by atoms with Gasteiger partial charge in [-0.25, -0.2) is 0 Å². The van der Waals surface area contributed by atoms with Gasteiger partial charge in [0.2, 0.25) is 11.8 Å². The summed E-state index contributed by atoms with van der Waals surface area (Å²) in [5.74, 6) is 1.05. The Bertz CT molecular complexity index is 646. The van der Waals surface area contributed by atoms with Crippen molar-refractivity contribution >= 4 is 23.2 Å². The molecule has 0 spiro atoms. The van der Waals surface area contributed by atoms with Crippen LogP contribution >= 0.6 is 0 Å². The largest absolute Gasteiger partial charge is 0.322 e. The fourth-order valence-corrected chi connectivity index (χ4v) is 4.08. The number of hydrogen-bond donors (Lipinski definition) is 1. The number of carbonyl (C=O) groups excluding carboxylic acids is 2. The van der Waals surface area contributed by atoms with Gasteiger partial charge in [-0.05, 0) is 44.2 Å². The zero-order valence-electron chi connectivity index (χ0n) is 15.0. The molecule has 1 N–H and O–H groups in total. The lowest BCUT2D eigenvalue weighted by molar-refractivity contribution is -0.127. The number of likely N-dealkylation sites (tertiary alicyclic amines) is 1.